The maximum atomic E-state index is 12.9. The second kappa shape index (κ2) is 10.8. The van der Waals surface area contributed by atoms with Crippen molar-refractivity contribution in [3.63, 3.8) is 0 Å². The van der Waals surface area contributed by atoms with E-state index >= 15 is 0 Å². The highest BCUT2D eigenvalue weighted by molar-refractivity contribution is 6.06. The second-order valence-electron chi connectivity index (χ2n) is 8.46. The Morgan fingerprint density at radius 1 is 1.06 bits per heavy atom. The van der Waals surface area contributed by atoms with Gasteiger partial charge in [-0.2, -0.15) is 0 Å². The van der Waals surface area contributed by atoms with Crippen molar-refractivity contribution in [2.75, 3.05) is 23.7 Å². The Bertz CT molecular complexity index is 1150. The highest BCUT2D eigenvalue weighted by Crippen LogP contribution is 2.32. The zero-order valence-electron chi connectivity index (χ0n) is 19.1. The van der Waals surface area contributed by atoms with Gasteiger partial charge >= 0.3 is 0 Å². The number of amides is 5. The maximum absolute atomic E-state index is 12.9. The maximum Gasteiger partial charge on any atom is 0.255 e. The van der Waals surface area contributed by atoms with Crippen molar-refractivity contribution in [2.45, 2.75) is 38.3 Å². The molecule has 2 aromatic carbocycles. The smallest absolute Gasteiger partial charge is 0.255 e. The van der Waals surface area contributed by atoms with Crippen molar-refractivity contribution >= 4 is 41.4 Å². The highest BCUT2D eigenvalue weighted by atomic mass is 16.2. The van der Waals surface area contributed by atoms with Crippen LogP contribution in [0.1, 0.15) is 52.0 Å². The third-order valence-corrected chi connectivity index (χ3v) is 6.16. The average Bonchev–Trinajstić information content (AvgIpc) is 3.19. The van der Waals surface area contributed by atoms with Crippen LogP contribution in [0.4, 0.5) is 11.4 Å². The van der Waals surface area contributed by atoms with Crippen LogP contribution in [0.25, 0.3) is 0 Å². The Hall–Kier alpha value is -4.21. The zero-order valence-corrected chi connectivity index (χ0v) is 19.1. The summed E-state index contributed by atoms with van der Waals surface area (Å²) < 4.78 is 0. The molecular formula is C25H27N5O5. The Morgan fingerprint density at radius 3 is 2.57 bits per heavy atom. The van der Waals surface area contributed by atoms with Gasteiger partial charge in [0, 0.05) is 54.1 Å². The van der Waals surface area contributed by atoms with Crippen molar-refractivity contribution in [1.82, 2.24) is 15.5 Å². The number of hydrogen-bond acceptors (Lipinski definition) is 6. The fourth-order valence-corrected chi connectivity index (χ4v) is 4.31. The quantitative estimate of drug-likeness (QED) is 0.233. The van der Waals surface area contributed by atoms with Crippen LogP contribution in [0.5, 0.6) is 0 Å². The van der Waals surface area contributed by atoms with Crippen molar-refractivity contribution in [1.29, 1.82) is 0 Å². The Balaban J connectivity index is 1.23. The molecule has 0 radical (unpaired) electrons. The molecule has 10 nitrogen and oxygen atoms in total. The Labute approximate surface area is 202 Å². The van der Waals surface area contributed by atoms with E-state index < -0.39 is 11.9 Å². The molecule has 0 saturated carbocycles. The molecule has 182 valence electrons. The predicted octanol–water partition coefficient (Wildman–Crippen LogP) is 1.64. The van der Waals surface area contributed by atoms with Gasteiger partial charge in [0.1, 0.15) is 6.04 Å². The van der Waals surface area contributed by atoms with Crippen LogP contribution in [-0.4, -0.2) is 54.1 Å². The SMILES string of the molecule is O=CNc1ccc(C(=O)NCCCCNc2cccc3c2CN(C2CCC(=O)NC2=O)C3=O)cc1. The Morgan fingerprint density at radius 2 is 1.83 bits per heavy atom. The molecular weight excluding hydrogens is 450 g/mol. The van der Waals surface area contributed by atoms with Crippen molar-refractivity contribution in [3.8, 4) is 0 Å². The van der Waals surface area contributed by atoms with E-state index in [9.17, 15) is 24.0 Å². The van der Waals surface area contributed by atoms with E-state index in [1.54, 1.807) is 30.3 Å². The molecule has 5 amide bonds. The van der Waals surface area contributed by atoms with Gasteiger partial charge in [-0.1, -0.05) is 6.07 Å². The number of unbranched alkanes of at least 4 members (excludes halogenated alkanes) is 1. The lowest BCUT2D eigenvalue weighted by molar-refractivity contribution is -0.136. The van der Waals surface area contributed by atoms with Gasteiger partial charge in [-0.3, -0.25) is 29.3 Å². The number of carbonyl (C=O) groups excluding carboxylic acids is 5. The summed E-state index contributed by atoms with van der Waals surface area (Å²) in [5.41, 5.74) is 3.41. The molecule has 35 heavy (non-hydrogen) atoms. The first-order chi connectivity index (χ1) is 17.0. The summed E-state index contributed by atoms with van der Waals surface area (Å²) in [5.74, 6) is -1.11. The van der Waals surface area contributed by atoms with E-state index in [-0.39, 0.29) is 24.1 Å². The standard InChI is InChI=1S/C25H27N5O5/c31-15-28-17-8-6-16(7-9-17)23(33)27-13-2-1-12-26-20-5-3-4-18-19(20)14-30(25(18)35)21-10-11-22(32)29-24(21)34/h3-9,15,21,26H,1-2,10-14H2,(H,27,33)(H,28,31)(H,29,32,34). The fraction of sp³-hybridized carbons (Fsp3) is 0.320. The summed E-state index contributed by atoms with van der Waals surface area (Å²) in [6, 6.07) is 11.5. The summed E-state index contributed by atoms with van der Waals surface area (Å²) in [7, 11) is 0. The number of hydrogen-bond donors (Lipinski definition) is 4. The zero-order chi connectivity index (χ0) is 24.8. The van der Waals surface area contributed by atoms with Crippen LogP contribution in [-0.2, 0) is 20.9 Å². The van der Waals surface area contributed by atoms with Crippen LogP contribution in [0, 0.1) is 0 Å². The number of piperidine rings is 1. The summed E-state index contributed by atoms with van der Waals surface area (Å²) in [6.45, 7) is 1.50. The lowest BCUT2D eigenvalue weighted by Gasteiger charge is -2.29. The van der Waals surface area contributed by atoms with Crippen LogP contribution in [0.3, 0.4) is 0 Å². The third kappa shape index (κ3) is 5.48. The highest BCUT2D eigenvalue weighted by Gasteiger charge is 2.39. The summed E-state index contributed by atoms with van der Waals surface area (Å²) >= 11 is 0. The topological polar surface area (TPSA) is 137 Å². The minimum Gasteiger partial charge on any atom is -0.385 e. The minimum absolute atomic E-state index is 0.177. The van der Waals surface area contributed by atoms with E-state index in [2.05, 4.69) is 21.3 Å². The molecule has 1 atom stereocenters. The molecule has 0 aromatic heterocycles. The molecule has 2 aromatic rings. The van der Waals surface area contributed by atoms with E-state index in [0.29, 0.717) is 49.3 Å². The summed E-state index contributed by atoms with van der Waals surface area (Å²) in [5, 5.41) is 11.1. The number of anilines is 2. The van der Waals surface area contributed by atoms with Gasteiger partial charge in [-0.25, -0.2) is 0 Å². The van der Waals surface area contributed by atoms with Crippen molar-refractivity contribution < 1.29 is 24.0 Å². The molecule has 4 N–H and O–H groups in total. The van der Waals surface area contributed by atoms with Crippen molar-refractivity contribution in [2.24, 2.45) is 0 Å². The van der Waals surface area contributed by atoms with Gasteiger partial charge in [-0.05, 0) is 55.7 Å². The molecule has 0 spiro atoms. The van der Waals surface area contributed by atoms with Crippen LogP contribution < -0.4 is 21.3 Å². The lowest BCUT2D eigenvalue weighted by atomic mass is 10.0. The van der Waals surface area contributed by atoms with Crippen LogP contribution >= 0.6 is 0 Å². The lowest BCUT2D eigenvalue weighted by Crippen LogP contribution is -2.52. The number of nitrogens with one attached hydrogen (secondary N) is 4. The van der Waals surface area contributed by atoms with Gasteiger partial charge in [0.25, 0.3) is 11.8 Å². The summed E-state index contributed by atoms with van der Waals surface area (Å²) in [6.07, 6.45) is 2.70. The van der Waals surface area contributed by atoms with E-state index in [0.717, 1.165) is 24.1 Å². The van der Waals surface area contributed by atoms with Crippen molar-refractivity contribution in [3.05, 3.63) is 59.2 Å². The van der Waals surface area contributed by atoms with Crippen LogP contribution in [0.15, 0.2) is 42.5 Å². The molecule has 1 unspecified atom stereocenters. The number of imide groups is 1. The first-order valence-electron chi connectivity index (χ1n) is 11.6. The number of carbonyl (C=O) groups is 5. The molecule has 1 fully saturated rings. The number of nitrogens with zero attached hydrogens (tertiary/aromatic N) is 1. The second-order valence-corrected chi connectivity index (χ2v) is 8.46. The molecule has 2 aliphatic heterocycles. The first kappa shape index (κ1) is 23.9. The van der Waals surface area contributed by atoms with E-state index in [4.69, 9.17) is 0 Å². The number of fused-ring (bicyclic) bond motifs is 1. The molecule has 0 bridgehead atoms. The normalized spacial score (nSPS) is 17.0. The van der Waals surface area contributed by atoms with Gasteiger partial charge in [0.05, 0.1) is 0 Å². The van der Waals surface area contributed by atoms with Gasteiger partial charge in [0.2, 0.25) is 18.2 Å². The number of rotatable bonds is 10. The molecule has 2 aliphatic rings. The van der Waals surface area contributed by atoms with Gasteiger partial charge < -0.3 is 20.9 Å². The largest absolute Gasteiger partial charge is 0.385 e. The fourth-order valence-electron chi connectivity index (χ4n) is 4.31. The van der Waals surface area contributed by atoms with Gasteiger partial charge in [0.15, 0.2) is 0 Å². The van der Waals surface area contributed by atoms with Crippen LogP contribution in [0.2, 0.25) is 0 Å². The molecule has 10 heteroatoms. The molecule has 4 rings (SSSR count). The monoisotopic (exact) mass is 477 g/mol. The van der Waals surface area contributed by atoms with E-state index in [1.165, 1.54) is 4.90 Å². The molecule has 1 saturated heterocycles. The Kier molecular flexibility index (Phi) is 7.39. The predicted molar refractivity (Wildman–Crippen MR) is 129 cm³/mol. The van der Waals surface area contributed by atoms with E-state index in [1.807, 2.05) is 12.1 Å². The summed E-state index contributed by atoms with van der Waals surface area (Å²) in [4.78, 5) is 60.8. The van der Waals surface area contributed by atoms with Gasteiger partial charge in [-0.15, -0.1) is 0 Å². The third-order valence-electron chi connectivity index (χ3n) is 6.16. The minimum atomic E-state index is -0.637. The number of benzene rings is 2. The average molecular weight is 478 g/mol. The molecule has 2 heterocycles. The first-order valence-corrected chi connectivity index (χ1v) is 11.6. The molecule has 0 aliphatic carbocycles.